The van der Waals surface area contributed by atoms with Crippen LogP contribution in [-0.4, -0.2) is 18.3 Å². The molecule has 0 aliphatic heterocycles. The molecule has 0 unspecified atom stereocenters. The number of aromatic nitrogens is 4. The van der Waals surface area contributed by atoms with Gasteiger partial charge in [-0.25, -0.2) is 0 Å². The molecule has 0 N–H and O–H groups in total. The molecule has 0 bridgehead atoms. The fraction of sp³-hybridized carbons (Fsp3) is 0. The predicted molar refractivity (Wildman–Crippen MR) is 372 cm³/mol. The highest BCUT2D eigenvalue weighted by Gasteiger charge is 2.27. The van der Waals surface area contributed by atoms with Gasteiger partial charge in [0.25, 0.3) is 0 Å². The summed E-state index contributed by atoms with van der Waals surface area (Å²) in [5.74, 6) is 0. The van der Waals surface area contributed by atoms with Crippen molar-refractivity contribution in [2.24, 2.45) is 0 Å². The standard InChI is InChI=1S/C84H50N4/c1-4-22-58-55(19-1)56-20-2-5-23-59(56)72-50-74-62-42-38-52(88-82-36-18-12-30-68(82)76-48-54(40-44-84(76)88)86-79-33-15-9-27-65(79)66-28-10-16-34-80(66)86)46-70(62)69-45-51(37-41-61(69)57-21-3-6-24-60(57)73(74)49-71(58)72)87-81-35-17-11-29-67(81)75-47-53(39-43-83(75)87)85-77-31-13-7-25-63(77)64-26-8-14-32-78(64)85/h1-50H. The molecule has 15 aromatic carbocycles. The van der Waals surface area contributed by atoms with E-state index in [1.807, 2.05) is 0 Å². The summed E-state index contributed by atoms with van der Waals surface area (Å²) in [6, 6.07) is 114. The maximum Gasteiger partial charge on any atom is 0.0542 e. The van der Waals surface area contributed by atoms with Gasteiger partial charge in [-0.05, 0) is 186 Å². The minimum Gasteiger partial charge on any atom is -0.309 e. The van der Waals surface area contributed by atoms with Crippen LogP contribution < -0.4 is 0 Å². The second-order valence-electron chi connectivity index (χ2n) is 23.9. The van der Waals surface area contributed by atoms with E-state index in [0.717, 1.165) is 39.3 Å². The molecule has 20 rings (SSSR count). The topological polar surface area (TPSA) is 19.7 Å². The van der Waals surface area contributed by atoms with Crippen LogP contribution in [0.15, 0.2) is 303 Å². The maximum absolute atomic E-state index is 2.52. The average Bonchev–Trinajstić information content (AvgIpc) is 1.85. The number of hydrogen-bond donors (Lipinski definition) is 0. The Morgan fingerprint density at radius 3 is 0.693 bits per heavy atom. The Morgan fingerprint density at radius 2 is 0.341 bits per heavy atom. The zero-order valence-corrected chi connectivity index (χ0v) is 47.7. The summed E-state index contributed by atoms with van der Waals surface area (Å²) >= 11 is 0. The van der Waals surface area contributed by atoms with E-state index in [-0.39, 0.29) is 0 Å². The van der Waals surface area contributed by atoms with Gasteiger partial charge in [0.1, 0.15) is 0 Å². The van der Waals surface area contributed by atoms with Crippen LogP contribution in [0.3, 0.4) is 0 Å². The largest absolute Gasteiger partial charge is 0.309 e. The molecule has 0 radical (unpaired) electrons. The van der Waals surface area contributed by atoms with E-state index in [1.54, 1.807) is 0 Å². The molecule has 4 nitrogen and oxygen atoms in total. The first-order valence-corrected chi connectivity index (χ1v) is 30.5. The number of nitrogens with zero attached hydrogens (tertiary/aromatic N) is 4. The van der Waals surface area contributed by atoms with Crippen molar-refractivity contribution in [3.05, 3.63) is 303 Å². The van der Waals surface area contributed by atoms with E-state index in [4.69, 9.17) is 0 Å². The van der Waals surface area contributed by atoms with Crippen molar-refractivity contribution in [3.63, 3.8) is 0 Å². The van der Waals surface area contributed by atoms with Crippen LogP contribution in [0.4, 0.5) is 0 Å². The van der Waals surface area contributed by atoms with Crippen molar-refractivity contribution in [2.45, 2.75) is 0 Å². The Bertz CT molecular complexity index is 6150. The lowest BCUT2D eigenvalue weighted by Crippen LogP contribution is -2.02. The Balaban J connectivity index is 0.858. The Kier molecular flexibility index (Phi) is 9.69. The molecule has 1 aliphatic carbocycles. The smallest absolute Gasteiger partial charge is 0.0542 e. The van der Waals surface area contributed by atoms with Gasteiger partial charge in [0.2, 0.25) is 0 Å². The molecule has 19 aromatic rings. The zero-order valence-electron chi connectivity index (χ0n) is 47.7. The third-order valence-corrected chi connectivity index (χ3v) is 19.5. The zero-order chi connectivity index (χ0) is 57.3. The van der Waals surface area contributed by atoms with Gasteiger partial charge in [0.15, 0.2) is 0 Å². The molecule has 0 saturated heterocycles. The van der Waals surface area contributed by atoms with Crippen molar-refractivity contribution in [3.8, 4) is 67.3 Å². The summed E-state index contributed by atoms with van der Waals surface area (Å²) < 4.78 is 9.86. The second-order valence-corrected chi connectivity index (χ2v) is 23.9. The summed E-state index contributed by atoms with van der Waals surface area (Å²) in [5, 5.41) is 17.4. The number of para-hydroxylation sites is 6. The second kappa shape index (κ2) is 17.9. The van der Waals surface area contributed by atoms with Crippen LogP contribution in [0, 0.1) is 0 Å². The molecule has 1 aliphatic rings. The van der Waals surface area contributed by atoms with Crippen LogP contribution >= 0.6 is 0 Å². The third kappa shape index (κ3) is 6.52. The van der Waals surface area contributed by atoms with E-state index in [9.17, 15) is 0 Å². The third-order valence-electron chi connectivity index (χ3n) is 19.5. The van der Waals surface area contributed by atoms with Gasteiger partial charge in [-0.2, -0.15) is 0 Å². The van der Waals surface area contributed by atoms with Crippen molar-refractivity contribution < 1.29 is 0 Å². The quantitative estimate of drug-likeness (QED) is 0.157. The predicted octanol–water partition coefficient (Wildman–Crippen LogP) is 22.5. The van der Waals surface area contributed by atoms with Gasteiger partial charge >= 0.3 is 0 Å². The van der Waals surface area contributed by atoms with Gasteiger partial charge < -0.3 is 18.3 Å². The minimum atomic E-state index is 1.10. The Hall–Kier alpha value is -11.7. The van der Waals surface area contributed by atoms with Gasteiger partial charge in [0, 0.05) is 65.8 Å². The molecule has 4 heterocycles. The molecule has 406 valence electrons. The van der Waals surface area contributed by atoms with Crippen LogP contribution in [0.2, 0.25) is 0 Å². The van der Waals surface area contributed by atoms with Crippen LogP contribution in [-0.2, 0) is 0 Å². The SMILES string of the molecule is c1ccc2c(c1)-c1ccc(-n3c4ccccc4c4cc(-n5c6ccccc6c6ccccc65)ccc43)cc1-c1cc(-n3c4ccccc4c4cc(-n5c6ccccc6c6ccccc65)ccc43)ccc1-c1cc3c4ccccc4c4ccccc4c3cc1-2. The maximum atomic E-state index is 2.52. The van der Waals surface area contributed by atoms with Gasteiger partial charge in [-0.1, -0.05) is 194 Å². The number of hydrogen-bond acceptors (Lipinski definition) is 0. The summed E-state index contributed by atoms with van der Waals surface area (Å²) in [7, 11) is 0. The highest BCUT2D eigenvalue weighted by molar-refractivity contribution is 6.27. The molecule has 4 aromatic heterocycles. The fourth-order valence-electron chi connectivity index (χ4n) is 15.8. The first-order chi connectivity index (χ1) is 43.7. The van der Waals surface area contributed by atoms with Crippen LogP contribution in [0.25, 0.3) is 187 Å². The lowest BCUT2D eigenvalue weighted by molar-refractivity contribution is 1.16. The Labute approximate surface area is 505 Å². The number of fused-ring (bicyclic) bond motifs is 26. The van der Waals surface area contributed by atoms with E-state index in [0.29, 0.717) is 0 Å². The van der Waals surface area contributed by atoms with Crippen LogP contribution in [0.5, 0.6) is 0 Å². The first-order valence-electron chi connectivity index (χ1n) is 30.5. The molecular formula is C84H50N4. The van der Waals surface area contributed by atoms with Crippen LogP contribution in [0.1, 0.15) is 0 Å². The number of rotatable bonds is 4. The molecule has 0 atom stereocenters. The lowest BCUT2D eigenvalue weighted by atomic mass is 9.79. The average molecular weight is 1120 g/mol. The number of benzene rings is 15. The fourth-order valence-corrected chi connectivity index (χ4v) is 15.8. The Morgan fingerprint density at radius 1 is 0.125 bits per heavy atom. The van der Waals surface area contributed by atoms with Gasteiger partial charge in [-0.15, -0.1) is 0 Å². The molecule has 0 saturated carbocycles. The van der Waals surface area contributed by atoms with E-state index in [2.05, 4.69) is 322 Å². The van der Waals surface area contributed by atoms with Crippen molar-refractivity contribution in [2.75, 3.05) is 0 Å². The summed E-state index contributed by atoms with van der Waals surface area (Å²) in [4.78, 5) is 0. The monoisotopic (exact) mass is 1110 g/mol. The highest BCUT2D eigenvalue weighted by atomic mass is 15.0. The van der Waals surface area contributed by atoms with E-state index >= 15 is 0 Å². The van der Waals surface area contributed by atoms with Crippen molar-refractivity contribution in [1.29, 1.82) is 0 Å². The van der Waals surface area contributed by atoms with Crippen molar-refractivity contribution in [1.82, 2.24) is 18.3 Å². The van der Waals surface area contributed by atoms with E-state index in [1.165, 1.54) is 147 Å². The molecule has 88 heavy (non-hydrogen) atoms. The van der Waals surface area contributed by atoms with Gasteiger partial charge in [-0.3, -0.25) is 0 Å². The normalized spacial score (nSPS) is 12.3. The van der Waals surface area contributed by atoms with Crippen molar-refractivity contribution >= 4 is 120 Å². The molecular weight excluding hydrogens is 1060 g/mol. The minimum absolute atomic E-state index is 1.10. The summed E-state index contributed by atoms with van der Waals surface area (Å²) in [6.07, 6.45) is 0. The lowest BCUT2D eigenvalue weighted by Gasteiger charge is -2.26. The molecule has 0 fully saturated rings. The molecule has 0 spiro atoms. The van der Waals surface area contributed by atoms with Gasteiger partial charge in [0.05, 0.1) is 44.1 Å². The summed E-state index contributed by atoms with van der Waals surface area (Å²) in [5.41, 5.74) is 23.6. The summed E-state index contributed by atoms with van der Waals surface area (Å²) in [6.45, 7) is 0. The highest BCUT2D eigenvalue weighted by Crippen LogP contribution is 2.52. The first kappa shape index (κ1) is 47.6. The molecule has 0 amide bonds. The molecule has 4 heteroatoms. The van der Waals surface area contributed by atoms with E-state index < -0.39 is 0 Å².